The number of ether oxygens (including phenoxy) is 2. The van der Waals surface area contributed by atoms with Crippen LogP contribution >= 0.6 is 12.2 Å². The summed E-state index contributed by atoms with van der Waals surface area (Å²) in [5.74, 6) is 0.0413. The number of hydrogen-bond acceptors (Lipinski definition) is 5. The summed E-state index contributed by atoms with van der Waals surface area (Å²) in [6.45, 7) is 1.89. The van der Waals surface area contributed by atoms with E-state index >= 15 is 0 Å². The van der Waals surface area contributed by atoms with E-state index in [1.54, 1.807) is 4.57 Å². The zero-order valence-electron chi connectivity index (χ0n) is 11.9. The van der Waals surface area contributed by atoms with Gasteiger partial charge < -0.3 is 9.47 Å². The summed E-state index contributed by atoms with van der Waals surface area (Å²) in [6, 6.07) is 9.22. The van der Waals surface area contributed by atoms with Gasteiger partial charge in [-0.3, -0.25) is 19.1 Å². The molecule has 6 nitrogen and oxygen atoms in total. The number of H-pyrrole nitrogens is 1. The van der Waals surface area contributed by atoms with Gasteiger partial charge in [0.1, 0.15) is 12.2 Å². The van der Waals surface area contributed by atoms with Gasteiger partial charge in [0.15, 0.2) is 10.9 Å². The van der Waals surface area contributed by atoms with Crippen LogP contribution in [-0.4, -0.2) is 28.2 Å². The Bertz CT molecular complexity index is 826. The quantitative estimate of drug-likeness (QED) is 0.691. The standard InChI is InChI=1S/C15H14N2O4S/c1-9(18)20-8-11-7-17-14(21-11)12(13(19)16-15(17)22)10-5-3-2-4-6-10/h2-6,11H,7-8H2,1H3,(H,16,19,22). The molecular weight excluding hydrogens is 304 g/mol. The van der Waals surface area contributed by atoms with Crippen molar-refractivity contribution in [2.75, 3.05) is 6.61 Å². The molecule has 1 N–H and O–H groups in total. The lowest BCUT2D eigenvalue weighted by Crippen LogP contribution is -2.22. The van der Waals surface area contributed by atoms with Crippen LogP contribution < -0.4 is 10.3 Å². The van der Waals surface area contributed by atoms with E-state index in [4.69, 9.17) is 21.7 Å². The van der Waals surface area contributed by atoms with E-state index in [1.165, 1.54) is 6.92 Å². The first-order valence-electron chi connectivity index (χ1n) is 6.79. The summed E-state index contributed by atoms with van der Waals surface area (Å²) >= 11 is 5.18. The molecule has 2 heterocycles. The molecule has 3 rings (SSSR count). The van der Waals surface area contributed by atoms with Crippen LogP contribution in [0.4, 0.5) is 0 Å². The summed E-state index contributed by atoms with van der Waals surface area (Å²) in [6.07, 6.45) is -0.358. The number of nitrogens with zero attached hydrogens (tertiary/aromatic N) is 1. The number of aromatic amines is 1. The average Bonchev–Trinajstić information content (AvgIpc) is 2.90. The molecule has 0 radical (unpaired) electrons. The Labute approximate surface area is 131 Å². The number of carbonyl (C=O) groups excluding carboxylic acids is 1. The van der Waals surface area contributed by atoms with Gasteiger partial charge >= 0.3 is 5.97 Å². The molecule has 1 aromatic heterocycles. The van der Waals surface area contributed by atoms with E-state index in [9.17, 15) is 9.59 Å². The molecule has 0 bridgehead atoms. The second-order valence-electron chi connectivity index (χ2n) is 4.96. The van der Waals surface area contributed by atoms with E-state index in [-0.39, 0.29) is 24.2 Å². The summed E-state index contributed by atoms with van der Waals surface area (Å²) in [5, 5.41) is 0. The molecule has 1 aromatic carbocycles. The monoisotopic (exact) mass is 318 g/mol. The number of esters is 1. The molecule has 1 aliphatic heterocycles. The second-order valence-corrected chi connectivity index (χ2v) is 5.35. The highest BCUT2D eigenvalue weighted by atomic mass is 32.1. The fourth-order valence-electron chi connectivity index (χ4n) is 2.39. The topological polar surface area (TPSA) is 73.3 Å². The fraction of sp³-hybridized carbons (Fsp3) is 0.267. The van der Waals surface area contributed by atoms with Gasteiger partial charge in [-0.2, -0.15) is 0 Å². The molecule has 2 aromatic rings. The van der Waals surface area contributed by atoms with E-state index < -0.39 is 0 Å². The largest absolute Gasteiger partial charge is 0.469 e. The van der Waals surface area contributed by atoms with Gasteiger partial charge in [0, 0.05) is 6.92 Å². The smallest absolute Gasteiger partial charge is 0.302 e. The number of nitrogens with one attached hydrogen (secondary N) is 1. The Kier molecular flexibility index (Phi) is 3.81. The molecular formula is C15H14N2O4S. The van der Waals surface area contributed by atoms with Crippen LogP contribution in [0.3, 0.4) is 0 Å². The number of aromatic nitrogens is 2. The Hall–Kier alpha value is -2.41. The van der Waals surface area contributed by atoms with E-state index in [1.807, 2.05) is 30.3 Å². The van der Waals surface area contributed by atoms with Crippen molar-refractivity contribution in [1.29, 1.82) is 0 Å². The van der Waals surface area contributed by atoms with Crippen molar-refractivity contribution in [1.82, 2.24) is 9.55 Å². The molecule has 1 atom stereocenters. The van der Waals surface area contributed by atoms with Crippen LogP contribution in [0.25, 0.3) is 11.1 Å². The van der Waals surface area contributed by atoms with Crippen molar-refractivity contribution in [2.45, 2.75) is 19.6 Å². The number of hydrogen-bond donors (Lipinski definition) is 1. The van der Waals surface area contributed by atoms with Crippen molar-refractivity contribution in [3.05, 3.63) is 45.5 Å². The summed E-state index contributed by atoms with van der Waals surface area (Å²) in [4.78, 5) is 25.9. The lowest BCUT2D eigenvalue weighted by atomic mass is 10.1. The van der Waals surface area contributed by atoms with Crippen molar-refractivity contribution >= 4 is 18.2 Å². The van der Waals surface area contributed by atoms with Crippen LogP contribution in [0.15, 0.2) is 35.1 Å². The van der Waals surface area contributed by atoms with Gasteiger partial charge in [-0.15, -0.1) is 0 Å². The zero-order chi connectivity index (χ0) is 15.7. The Morgan fingerprint density at radius 1 is 1.45 bits per heavy atom. The minimum atomic E-state index is -0.373. The molecule has 0 spiro atoms. The van der Waals surface area contributed by atoms with Crippen LogP contribution in [-0.2, 0) is 16.1 Å². The highest BCUT2D eigenvalue weighted by molar-refractivity contribution is 7.71. The SMILES string of the molecule is CC(=O)OCC1Cn2c(c(-c3ccccc3)c(=O)[nH]c2=S)O1. The molecule has 0 fully saturated rings. The predicted octanol–water partition coefficient (Wildman–Crippen LogP) is 1.90. The molecule has 1 aliphatic rings. The molecule has 22 heavy (non-hydrogen) atoms. The van der Waals surface area contributed by atoms with Gasteiger partial charge in [0.05, 0.1) is 6.54 Å². The van der Waals surface area contributed by atoms with Gasteiger partial charge in [-0.1, -0.05) is 30.3 Å². The Morgan fingerprint density at radius 3 is 2.86 bits per heavy atom. The zero-order valence-corrected chi connectivity index (χ0v) is 12.7. The molecule has 114 valence electrons. The number of rotatable bonds is 3. The van der Waals surface area contributed by atoms with Crippen molar-refractivity contribution in [2.24, 2.45) is 0 Å². The molecule has 0 saturated heterocycles. The number of benzene rings is 1. The molecule has 0 saturated carbocycles. The van der Waals surface area contributed by atoms with Gasteiger partial charge in [0.25, 0.3) is 5.56 Å². The maximum Gasteiger partial charge on any atom is 0.302 e. The highest BCUT2D eigenvalue weighted by Gasteiger charge is 2.28. The van der Waals surface area contributed by atoms with E-state index in [0.717, 1.165) is 5.56 Å². The summed E-state index contributed by atoms with van der Waals surface area (Å²) in [5.41, 5.74) is 0.880. The summed E-state index contributed by atoms with van der Waals surface area (Å²) in [7, 11) is 0. The van der Waals surface area contributed by atoms with Gasteiger partial charge in [-0.05, 0) is 17.8 Å². The lowest BCUT2D eigenvalue weighted by molar-refractivity contribution is -0.143. The average molecular weight is 318 g/mol. The number of carbonyl (C=O) groups is 1. The van der Waals surface area contributed by atoms with Crippen LogP contribution in [0.5, 0.6) is 5.88 Å². The first-order valence-corrected chi connectivity index (χ1v) is 7.19. The first-order chi connectivity index (χ1) is 10.6. The minimum absolute atomic E-state index is 0.119. The molecule has 1 unspecified atom stereocenters. The maximum absolute atomic E-state index is 12.3. The van der Waals surface area contributed by atoms with Crippen LogP contribution in [0.2, 0.25) is 0 Å². The van der Waals surface area contributed by atoms with Crippen LogP contribution in [0, 0.1) is 4.77 Å². The third-order valence-electron chi connectivity index (χ3n) is 3.35. The molecule has 7 heteroatoms. The highest BCUT2D eigenvalue weighted by Crippen LogP contribution is 2.31. The summed E-state index contributed by atoms with van der Waals surface area (Å²) < 4.78 is 12.8. The predicted molar refractivity (Wildman–Crippen MR) is 82.4 cm³/mol. The Morgan fingerprint density at radius 2 is 2.18 bits per heavy atom. The van der Waals surface area contributed by atoms with Crippen LogP contribution in [0.1, 0.15) is 6.92 Å². The van der Waals surface area contributed by atoms with E-state index in [2.05, 4.69) is 4.98 Å². The molecule has 0 amide bonds. The Balaban J connectivity index is 2.03. The third-order valence-corrected chi connectivity index (χ3v) is 3.67. The van der Waals surface area contributed by atoms with Crippen molar-refractivity contribution < 1.29 is 14.3 Å². The molecule has 0 aliphatic carbocycles. The van der Waals surface area contributed by atoms with E-state index in [0.29, 0.717) is 22.8 Å². The third kappa shape index (κ3) is 2.67. The first kappa shape index (κ1) is 14.5. The minimum Gasteiger partial charge on any atom is -0.469 e. The normalized spacial score (nSPS) is 16.0. The van der Waals surface area contributed by atoms with Gasteiger partial charge in [0.2, 0.25) is 5.88 Å². The van der Waals surface area contributed by atoms with Crippen molar-refractivity contribution in [3.8, 4) is 17.0 Å². The van der Waals surface area contributed by atoms with Gasteiger partial charge in [-0.25, -0.2) is 0 Å². The fourth-order valence-corrected chi connectivity index (χ4v) is 2.65. The number of fused-ring (bicyclic) bond motifs is 1. The maximum atomic E-state index is 12.3. The lowest BCUT2D eigenvalue weighted by Gasteiger charge is -2.10. The second kappa shape index (κ2) is 5.76. The van der Waals surface area contributed by atoms with Crippen molar-refractivity contribution in [3.63, 3.8) is 0 Å².